The van der Waals surface area contributed by atoms with E-state index in [0.29, 0.717) is 5.02 Å². The Morgan fingerprint density at radius 3 is 2.16 bits per heavy atom. The van der Waals surface area contributed by atoms with Gasteiger partial charge in [-0.05, 0) is 36.4 Å². The maximum Gasteiger partial charge on any atom is 0.261 e. The molecule has 0 radical (unpaired) electrons. The van der Waals surface area contributed by atoms with Crippen molar-refractivity contribution in [3.8, 4) is 0 Å². The van der Waals surface area contributed by atoms with E-state index in [2.05, 4.69) is 4.72 Å². The number of benzene rings is 2. The lowest BCUT2D eigenvalue weighted by atomic mass is 10.3. The Labute approximate surface area is 113 Å². The Morgan fingerprint density at radius 1 is 0.947 bits per heavy atom. The van der Waals surface area contributed by atoms with Crippen molar-refractivity contribution >= 4 is 27.3 Å². The molecule has 0 fully saturated rings. The third kappa shape index (κ3) is 3.21. The van der Waals surface area contributed by atoms with Crippen LogP contribution in [0.15, 0.2) is 47.4 Å². The molecule has 0 unspecified atom stereocenters. The molecular formula is C12H8ClF2NO2S. The average Bonchev–Trinajstić information content (AvgIpc) is 2.34. The monoisotopic (exact) mass is 303 g/mol. The van der Waals surface area contributed by atoms with Crippen LogP contribution in [-0.2, 0) is 10.0 Å². The first-order valence-electron chi connectivity index (χ1n) is 5.12. The summed E-state index contributed by atoms with van der Waals surface area (Å²) in [5.41, 5.74) is -0.0612. The van der Waals surface area contributed by atoms with Gasteiger partial charge in [-0.25, -0.2) is 17.2 Å². The second-order valence-corrected chi connectivity index (χ2v) is 5.81. The van der Waals surface area contributed by atoms with Crippen LogP contribution in [0.2, 0.25) is 5.02 Å². The van der Waals surface area contributed by atoms with Crippen molar-refractivity contribution in [3.63, 3.8) is 0 Å². The van der Waals surface area contributed by atoms with E-state index in [4.69, 9.17) is 11.6 Å². The minimum atomic E-state index is -3.86. The summed E-state index contributed by atoms with van der Waals surface area (Å²) in [7, 11) is -3.86. The van der Waals surface area contributed by atoms with Gasteiger partial charge in [-0.2, -0.15) is 0 Å². The van der Waals surface area contributed by atoms with Crippen LogP contribution < -0.4 is 4.72 Å². The van der Waals surface area contributed by atoms with Crippen LogP contribution in [-0.4, -0.2) is 8.42 Å². The molecule has 0 amide bonds. The van der Waals surface area contributed by atoms with Crippen molar-refractivity contribution in [1.29, 1.82) is 0 Å². The molecule has 0 aromatic heterocycles. The maximum absolute atomic E-state index is 13.0. The van der Waals surface area contributed by atoms with Crippen molar-refractivity contribution in [3.05, 3.63) is 59.1 Å². The van der Waals surface area contributed by atoms with Gasteiger partial charge in [-0.1, -0.05) is 11.6 Å². The van der Waals surface area contributed by atoms with Gasteiger partial charge < -0.3 is 0 Å². The Balaban J connectivity index is 2.30. The van der Waals surface area contributed by atoms with Crippen LogP contribution in [0.5, 0.6) is 0 Å². The number of rotatable bonds is 3. The van der Waals surface area contributed by atoms with E-state index in [1.807, 2.05) is 0 Å². The summed E-state index contributed by atoms with van der Waals surface area (Å²) in [6.45, 7) is 0. The Morgan fingerprint density at radius 2 is 1.58 bits per heavy atom. The predicted octanol–water partition coefficient (Wildman–Crippen LogP) is 3.42. The van der Waals surface area contributed by atoms with E-state index in [1.165, 1.54) is 24.3 Å². The van der Waals surface area contributed by atoms with E-state index in [1.54, 1.807) is 0 Å². The first-order chi connectivity index (χ1) is 8.88. The summed E-state index contributed by atoms with van der Waals surface area (Å²) >= 11 is 5.65. The van der Waals surface area contributed by atoms with Gasteiger partial charge >= 0.3 is 0 Å². The Bertz CT molecular complexity index is 702. The van der Waals surface area contributed by atoms with Crippen molar-refractivity contribution in [2.75, 3.05) is 4.72 Å². The summed E-state index contributed by atoms with van der Waals surface area (Å²) in [5, 5.41) is 0.395. The number of anilines is 1. The average molecular weight is 304 g/mol. The molecule has 0 aliphatic rings. The summed E-state index contributed by atoms with van der Waals surface area (Å²) in [6.07, 6.45) is 0. The topological polar surface area (TPSA) is 46.2 Å². The molecule has 0 bridgehead atoms. The van der Waals surface area contributed by atoms with Crippen molar-refractivity contribution in [1.82, 2.24) is 0 Å². The normalized spacial score (nSPS) is 11.3. The zero-order valence-corrected chi connectivity index (χ0v) is 11.0. The zero-order chi connectivity index (χ0) is 14.0. The fourth-order valence-electron chi connectivity index (χ4n) is 1.39. The van der Waals surface area contributed by atoms with Crippen LogP contribution in [0.1, 0.15) is 0 Å². The second kappa shape index (κ2) is 5.14. The highest BCUT2D eigenvalue weighted by molar-refractivity contribution is 7.92. The Hall–Kier alpha value is -1.66. The lowest BCUT2D eigenvalue weighted by Gasteiger charge is -2.08. The van der Waals surface area contributed by atoms with Crippen molar-refractivity contribution in [2.24, 2.45) is 0 Å². The van der Waals surface area contributed by atoms with E-state index >= 15 is 0 Å². The highest BCUT2D eigenvalue weighted by Crippen LogP contribution is 2.19. The molecule has 0 saturated heterocycles. The summed E-state index contributed by atoms with van der Waals surface area (Å²) in [5.74, 6) is -2.18. The van der Waals surface area contributed by atoms with E-state index in [0.717, 1.165) is 18.2 Å². The molecule has 2 rings (SSSR count). The lowest BCUT2D eigenvalue weighted by Crippen LogP contribution is -2.13. The number of sulfonamides is 1. The van der Waals surface area contributed by atoms with Crippen LogP contribution in [0.4, 0.5) is 14.5 Å². The molecule has 0 aliphatic heterocycles. The van der Waals surface area contributed by atoms with Gasteiger partial charge in [0.05, 0.1) is 10.6 Å². The molecule has 1 N–H and O–H groups in total. The number of nitrogens with one attached hydrogen (secondary N) is 1. The van der Waals surface area contributed by atoms with Crippen LogP contribution in [0, 0.1) is 11.6 Å². The van der Waals surface area contributed by atoms with Gasteiger partial charge in [0.25, 0.3) is 10.0 Å². The van der Waals surface area contributed by atoms with E-state index in [-0.39, 0.29) is 10.6 Å². The van der Waals surface area contributed by atoms with Crippen LogP contribution >= 0.6 is 11.6 Å². The minimum absolute atomic E-state index is 0.0263. The van der Waals surface area contributed by atoms with Gasteiger partial charge in [0.15, 0.2) is 11.6 Å². The zero-order valence-electron chi connectivity index (χ0n) is 9.40. The first kappa shape index (κ1) is 13.8. The number of hydrogen-bond donors (Lipinski definition) is 1. The Kier molecular flexibility index (Phi) is 3.73. The van der Waals surface area contributed by atoms with Gasteiger partial charge in [0, 0.05) is 11.1 Å². The third-order valence-corrected chi connectivity index (χ3v) is 3.94. The quantitative estimate of drug-likeness (QED) is 0.944. The second-order valence-electron chi connectivity index (χ2n) is 3.69. The fourth-order valence-corrected chi connectivity index (χ4v) is 2.56. The molecule has 19 heavy (non-hydrogen) atoms. The summed E-state index contributed by atoms with van der Waals surface area (Å²) in [4.78, 5) is -0.0263. The van der Waals surface area contributed by atoms with Gasteiger partial charge in [0.2, 0.25) is 0 Å². The fraction of sp³-hybridized carbons (Fsp3) is 0. The standard InChI is InChI=1S/C12H8ClF2NO2S/c13-8-1-4-10(5-2-8)19(17,18)16-9-3-6-11(14)12(15)7-9/h1-7,16H. The molecule has 2 aromatic carbocycles. The van der Waals surface area contributed by atoms with Crippen LogP contribution in [0.25, 0.3) is 0 Å². The molecule has 0 atom stereocenters. The molecule has 0 heterocycles. The summed E-state index contributed by atoms with van der Waals surface area (Å²) in [6, 6.07) is 8.20. The molecule has 0 aliphatic carbocycles. The lowest BCUT2D eigenvalue weighted by molar-refractivity contribution is 0.509. The molecule has 3 nitrogen and oxygen atoms in total. The van der Waals surface area contributed by atoms with E-state index in [9.17, 15) is 17.2 Å². The molecule has 2 aromatic rings. The summed E-state index contributed by atoms with van der Waals surface area (Å²) < 4.78 is 51.7. The predicted molar refractivity (Wildman–Crippen MR) is 68.6 cm³/mol. The number of hydrogen-bond acceptors (Lipinski definition) is 2. The molecule has 100 valence electrons. The van der Waals surface area contributed by atoms with Gasteiger partial charge in [-0.15, -0.1) is 0 Å². The van der Waals surface area contributed by atoms with Crippen molar-refractivity contribution < 1.29 is 17.2 Å². The SMILES string of the molecule is O=S(=O)(Nc1ccc(F)c(F)c1)c1ccc(Cl)cc1. The minimum Gasteiger partial charge on any atom is -0.280 e. The van der Waals surface area contributed by atoms with Crippen molar-refractivity contribution in [2.45, 2.75) is 4.90 Å². The van der Waals surface area contributed by atoms with Crippen LogP contribution in [0.3, 0.4) is 0 Å². The van der Waals surface area contributed by atoms with E-state index < -0.39 is 21.7 Å². The highest BCUT2D eigenvalue weighted by Gasteiger charge is 2.14. The first-order valence-corrected chi connectivity index (χ1v) is 6.98. The largest absolute Gasteiger partial charge is 0.280 e. The smallest absolute Gasteiger partial charge is 0.261 e. The third-order valence-electron chi connectivity index (χ3n) is 2.30. The molecule has 0 spiro atoms. The maximum atomic E-state index is 13.0. The molecule has 7 heteroatoms. The molecule has 0 saturated carbocycles. The highest BCUT2D eigenvalue weighted by atomic mass is 35.5. The van der Waals surface area contributed by atoms with Gasteiger partial charge in [-0.3, -0.25) is 4.72 Å². The molecular weight excluding hydrogens is 296 g/mol. The number of halogens is 3. The van der Waals surface area contributed by atoms with Gasteiger partial charge in [0.1, 0.15) is 0 Å².